The highest BCUT2D eigenvalue weighted by Crippen LogP contribution is 2.22. The number of anilines is 1. The summed E-state index contributed by atoms with van der Waals surface area (Å²) in [6.45, 7) is 2.09. The number of carboxylic acids is 1. The number of carbonyl (C=O) groups is 1. The van der Waals surface area contributed by atoms with E-state index in [1.54, 1.807) is 24.5 Å². The molecule has 1 unspecified atom stereocenters. The number of rotatable bonds is 6. The highest BCUT2D eigenvalue weighted by molar-refractivity contribution is 9.10. The fraction of sp³-hybridized carbons (Fsp3) is 0.267. The molecule has 0 amide bonds. The molecule has 1 heterocycles. The van der Waals surface area contributed by atoms with Crippen LogP contribution in [0.1, 0.15) is 29.5 Å². The van der Waals surface area contributed by atoms with Gasteiger partial charge in [-0.3, -0.25) is 0 Å². The van der Waals surface area contributed by atoms with Crippen molar-refractivity contribution in [2.75, 3.05) is 5.32 Å². The molecule has 0 saturated carbocycles. The molecule has 1 atom stereocenters. The summed E-state index contributed by atoms with van der Waals surface area (Å²) in [5.41, 5.74) is 1.16. The molecule has 0 fully saturated rings. The van der Waals surface area contributed by atoms with Gasteiger partial charge in [0.15, 0.2) is 0 Å². The molecule has 1 aromatic heterocycles. The van der Waals surface area contributed by atoms with Crippen LogP contribution in [-0.4, -0.2) is 17.1 Å². The fourth-order valence-corrected chi connectivity index (χ4v) is 2.50. The second-order valence-corrected chi connectivity index (χ2v) is 5.52. The summed E-state index contributed by atoms with van der Waals surface area (Å²) in [6.07, 6.45) is 3.48. The van der Waals surface area contributed by atoms with E-state index in [1.165, 1.54) is 0 Å². The lowest BCUT2D eigenvalue weighted by atomic mass is 10.1. The third-order valence-electron chi connectivity index (χ3n) is 3.02. The number of furan rings is 1. The van der Waals surface area contributed by atoms with Gasteiger partial charge in [0.2, 0.25) is 0 Å². The summed E-state index contributed by atoms with van der Waals surface area (Å²) in [4.78, 5) is 10.9. The molecule has 2 aromatic rings. The predicted molar refractivity (Wildman–Crippen MR) is 81.2 cm³/mol. The van der Waals surface area contributed by atoms with Crippen molar-refractivity contribution in [2.24, 2.45) is 0 Å². The maximum Gasteiger partial charge on any atom is 0.336 e. The van der Waals surface area contributed by atoms with Gasteiger partial charge in [0.1, 0.15) is 5.76 Å². The molecule has 2 N–H and O–H groups in total. The molecular weight excluding hydrogens is 322 g/mol. The van der Waals surface area contributed by atoms with Gasteiger partial charge < -0.3 is 14.8 Å². The first-order valence-corrected chi connectivity index (χ1v) is 7.17. The number of nitrogens with one attached hydrogen (secondary N) is 1. The van der Waals surface area contributed by atoms with Crippen LogP contribution < -0.4 is 5.32 Å². The number of hydrogen-bond donors (Lipinski definition) is 2. The Bertz CT molecular complexity index is 581. The van der Waals surface area contributed by atoms with Crippen LogP contribution in [0.3, 0.4) is 0 Å². The second kappa shape index (κ2) is 6.61. The molecule has 0 radical (unpaired) electrons. The molecule has 0 spiro atoms. The van der Waals surface area contributed by atoms with Crippen molar-refractivity contribution >= 4 is 27.6 Å². The summed E-state index contributed by atoms with van der Waals surface area (Å²) in [7, 11) is 0. The number of aryl methyl sites for hydroxylation is 1. The van der Waals surface area contributed by atoms with E-state index in [4.69, 9.17) is 9.52 Å². The Morgan fingerprint density at radius 2 is 2.25 bits per heavy atom. The lowest BCUT2D eigenvalue weighted by Gasteiger charge is -2.15. The van der Waals surface area contributed by atoms with Gasteiger partial charge in [-0.25, -0.2) is 4.79 Å². The average Bonchev–Trinajstić information content (AvgIpc) is 2.89. The van der Waals surface area contributed by atoms with Crippen LogP contribution in [-0.2, 0) is 6.42 Å². The molecule has 20 heavy (non-hydrogen) atoms. The van der Waals surface area contributed by atoms with Crippen LogP contribution in [0.5, 0.6) is 0 Å². The zero-order valence-corrected chi connectivity index (χ0v) is 12.7. The molecule has 106 valence electrons. The summed E-state index contributed by atoms with van der Waals surface area (Å²) in [5, 5.41) is 12.3. The smallest absolute Gasteiger partial charge is 0.336 e. The van der Waals surface area contributed by atoms with E-state index in [1.807, 2.05) is 12.1 Å². The van der Waals surface area contributed by atoms with Gasteiger partial charge in [0.05, 0.1) is 11.8 Å². The van der Waals surface area contributed by atoms with Gasteiger partial charge in [-0.15, -0.1) is 0 Å². The van der Waals surface area contributed by atoms with Crippen molar-refractivity contribution in [2.45, 2.75) is 25.8 Å². The van der Waals surface area contributed by atoms with Crippen molar-refractivity contribution in [3.05, 3.63) is 52.4 Å². The van der Waals surface area contributed by atoms with Gasteiger partial charge in [-0.2, -0.15) is 0 Å². The maximum absolute atomic E-state index is 10.9. The first kappa shape index (κ1) is 14.7. The van der Waals surface area contributed by atoms with Crippen LogP contribution in [0.2, 0.25) is 0 Å². The topological polar surface area (TPSA) is 62.5 Å². The van der Waals surface area contributed by atoms with Crippen molar-refractivity contribution in [1.82, 2.24) is 0 Å². The van der Waals surface area contributed by atoms with E-state index in [-0.39, 0.29) is 11.6 Å². The molecule has 0 bridgehead atoms. The van der Waals surface area contributed by atoms with E-state index in [2.05, 4.69) is 28.2 Å². The Kier molecular flexibility index (Phi) is 4.84. The Balaban J connectivity index is 1.92. The Morgan fingerprint density at radius 1 is 1.45 bits per heavy atom. The zero-order valence-electron chi connectivity index (χ0n) is 11.1. The molecule has 0 aliphatic carbocycles. The van der Waals surface area contributed by atoms with Crippen LogP contribution in [0.15, 0.2) is 45.5 Å². The minimum atomic E-state index is -0.936. The van der Waals surface area contributed by atoms with Crippen molar-refractivity contribution in [1.29, 1.82) is 0 Å². The van der Waals surface area contributed by atoms with Crippen LogP contribution >= 0.6 is 15.9 Å². The third kappa shape index (κ3) is 3.87. The molecular formula is C15H16BrNO3. The minimum absolute atomic E-state index is 0.263. The van der Waals surface area contributed by atoms with E-state index < -0.39 is 5.97 Å². The standard InChI is InChI=1S/C15H16BrNO3/c1-10(4-6-12-3-2-8-20-12)17-11-5-7-13(15(18)19)14(16)9-11/h2-3,5,7-10,17H,4,6H2,1H3,(H,18,19). The molecule has 0 aliphatic rings. The maximum atomic E-state index is 10.9. The van der Waals surface area contributed by atoms with E-state index in [9.17, 15) is 4.79 Å². The van der Waals surface area contributed by atoms with Crippen LogP contribution in [0, 0.1) is 0 Å². The number of hydrogen-bond acceptors (Lipinski definition) is 3. The van der Waals surface area contributed by atoms with Gasteiger partial charge in [0, 0.05) is 22.6 Å². The monoisotopic (exact) mass is 337 g/mol. The van der Waals surface area contributed by atoms with Crippen molar-refractivity contribution in [3.8, 4) is 0 Å². The average molecular weight is 338 g/mol. The Morgan fingerprint density at radius 3 is 2.85 bits per heavy atom. The Labute approximate surface area is 125 Å². The number of benzene rings is 1. The first-order valence-electron chi connectivity index (χ1n) is 6.38. The van der Waals surface area contributed by atoms with Gasteiger partial charge >= 0.3 is 5.97 Å². The first-order chi connectivity index (χ1) is 9.56. The molecule has 0 saturated heterocycles. The predicted octanol–water partition coefficient (Wildman–Crippen LogP) is 4.17. The summed E-state index contributed by atoms with van der Waals surface area (Å²) in [5.74, 6) is 0.0374. The highest BCUT2D eigenvalue weighted by atomic mass is 79.9. The molecule has 2 rings (SSSR count). The lowest BCUT2D eigenvalue weighted by Crippen LogP contribution is -2.16. The SMILES string of the molecule is CC(CCc1ccco1)Nc1ccc(C(=O)O)c(Br)c1. The summed E-state index contributed by atoms with van der Waals surface area (Å²) < 4.78 is 5.87. The number of carboxylic acid groups (broad SMARTS) is 1. The Hall–Kier alpha value is -1.75. The number of aromatic carboxylic acids is 1. The third-order valence-corrected chi connectivity index (χ3v) is 3.67. The molecule has 4 nitrogen and oxygen atoms in total. The van der Waals surface area contributed by atoms with Gasteiger partial charge in [-0.05, 0) is 59.6 Å². The zero-order chi connectivity index (χ0) is 14.5. The normalized spacial score (nSPS) is 12.1. The van der Waals surface area contributed by atoms with E-state index >= 15 is 0 Å². The van der Waals surface area contributed by atoms with E-state index in [0.717, 1.165) is 24.3 Å². The quantitative estimate of drug-likeness (QED) is 0.830. The van der Waals surface area contributed by atoms with Gasteiger partial charge in [-0.1, -0.05) is 0 Å². The van der Waals surface area contributed by atoms with Crippen molar-refractivity contribution in [3.63, 3.8) is 0 Å². The lowest BCUT2D eigenvalue weighted by molar-refractivity contribution is 0.0696. The second-order valence-electron chi connectivity index (χ2n) is 4.66. The highest BCUT2D eigenvalue weighted by Gasteiger charge is 2.10. The number of halogens is 1. The molecule has 5 heteroatoms. The largest absolute Gasteiger partial charge is 0.478 e. The van der Waals surface area contributed by atoms with Crippen LogP contribution in [0.4, 0.5) is 5.69 Å². The summed E-state index contributed by atoms with van der Waals surface area (Å²) in [6, 6.07) is 9.26. The van der Waals surface area contributed by atoms with Crippen LogP contribution in [0.25, 0.3) is 0 Å². The van der Waals surface area contributed by atoms with Gasteiger partial charge in [0.25, 0.3) is 0 Å². The van der Waals surface area contributed by atoms with Crippen molar-refractivity contribution < 1.29 is 14.3 Å². The summed E-state index contributed by atoms with van der Waals surface area (Å²) >= 11 is 3.27. The van der Waals surface area contributed by atoms with E-state index in [0.29, 0.717) is 4.47 Å². The molecule has 1 aromatic carbocycles. The fourth-order valence-electron chi connectivity index (χ4n) is 1.95. The molecule has 0 aliphatic heterocycles. The minimum Gasteiger partial charge on any atom is -0.478 e.